The minimum Gasteiger partial charge on any atom is -0.393 e. The molecule has 2 heterocycles. The van der Waals surface area contributed by atoms with Gasteiger partial charge in [-0.3, -0.25) is 4.79 Å². The maximum absolute atomic E-state index is 13.3. The first-order chi connectivity index (χ1) is 12.8. The second kappa shape index (κ2) is 8.19. The number of aliphatic hydroxyl groups excluding tert-OH is 1. The molecule has 2 aliphatic rings. The fourth-order valence-electron chi connectivity index (χ4n) is 4.34. The zero-order chi connectivity index (χ0) is 19.6. The standard InChI is InChI=1S/C20H26F3NO3/c1-13(14-5-2-3-6-16(14)20(21,22)23)11-19(26)24-9-4-7-17(24)15-12-27-10-8-18(15)25/h2-3,5-6,13,15,17-18,25H,4,7-12H2,1H3/t13-,15-,17-,18-/m1/s1. The highest BCUT2D eigenvalue weighted by atomic mass is 19.4. The number of rotatable bonds is 4. The van der Waals surface area contributed by atoms with Gasteiger partial charge < -0.3 is 14.7 Å². The summed E-state index contributed by atoms with van der Waals surface area (Å²) in [6, 6.07) is 5.34. The Balaban J connectivity index is 1.71. The zero-order valence-electron chi connectivity index (χ0n) is 15.4. The summed E-state index contributed by atoms with van der Waals surface area (Å²) in [4.78, 5) is 14.6. The summed E-state index contributed by atoms with van der Waals surface area (Å²) in [5, 5.41) is 10.3. The van der Waals surface area contributed by atoms with E-state index in [2.05, 4.69) is 0 Å². The molecule has 4 nitrogen and oxygen atoms in total. The molecule has 4 atom stereocenters. The van der Waals surface area contributed by atoms with Crippen LogP contribution in [0.2, 0.25) is 0 Å². The molecule has 0 aromatic heterocycles. The number of nitrogens with zero attached hydrogens (tertiary/aromatic N) is 1. The van der Waals surface area contributed by atoms with Crippen molar-refractivity contribution < 1.29 is 27.8 Å². The van der Waals surface area contributed by atoms with Gasteiger partial charge in [-0.2, -0.15) is 13.2 Å². The van der Waals surface area contributed by atoms with Crippen molar-refractivity contribution in [1.82, 2.24) is 4.90 Å². The third-order valence-corrected chi connectivity index (χ3v) is 5.75. The van der Waals surface area contributed by atoms with Crippen molar-refractivity contribution in [2.75, 3.05) is 19.8 Å². The summed E-state index contributed by atoms with van der Waals surface area (Å²) in [6.07, 6.45) is -2.72. The SMILES string of the molecule is C[C@H](CC(=O)N1CCC[C@@H]1[C@H]1COCC[C@H]1O)c1ccccc1C(F)(F)F. The molecule has 0 radical (unpaired) electrons. The van der Waals surface area contributed by atoms with E-state index in [1.54, 1.807) is 17.9 Å². The van der Waals surface area contributed by atoms with Crippen LogP contribution in [0.3, 0.4) is 0 Å². The highest BCUT2D eigenvalue weighted by Gasteiger charge is 2.40. The van der Waals surface area contributed by atoms with E-state index in [0.717, 1.165) is 18.9 Å². The Labute approximate surface area is 157 Å². The lowest BCUT2D eigenvalue weighted by molar-refractivity contribution is -0.140. The van der Waals surface area contributed by atoms with E-state index in [4.69, 9.17) is 4.74 Å². The summed E-state index contributed by atoms with van der Waals surface area (Å²) in [5.74, 6) is -0.813. The van der Waals surface area contributed by atoms with Gasteiger partial charge >= 0.3 is 6.18 Å². The average Bonchev–Trinajstić information content (AvgIpc) is 3.11. The quantitative estimate of drug-likeness (QED) is 0.862. The van der Waals surface area contributed by atoms with Crippen molar-refractivity contribution >= 4 is 5.91 Å². The average molecular weight is 385 g/mol. The Hall–Kier alpha value is -1.60. The Bertz CT molecular complexity index is 664. The monoisotopic (exact) mass is 385 g/mol. The van der Waals surface area contributed by atoms with Crippen molar-refractivity contribution in [3.05, 3.63) is 35.4 Å². The van der Waals surface area contributed by atoms with Crippen LogP contribution in [-0.2, 0) is 15.7 Å². The van der Waals surface area contributed by atoms with Crippen molar-refractivity contribution in [3.63, 3.8) is 0 Å². The van der Waals surface area contributed by atoms with E-state index in [0.29, 0.717) is 26.2 Å². The van der Waals surface area contributed by atoms with Gasteiger partial charge in [-0.15, -0.1) is 0 Å². The van der Waals surface area contributed by atoms with Crippen LogP contribution in [0.5, 0.6) is 0 Å². The van der Waals surface area contributed by atoms with Crippen LogP contribution in [0.1, 0.15) is 49.7 Å². The molecule has 1 aromatic carbocycles. The van der Waals surface area contributed by atoms with E-state index >= 15 is 0 Å². The Morgan fingerprint density at radius 2 is 2.07 bits per heavy atom. The van der Waals surface area contributed by atoms with Crippen LogP contribution in [-0.4, -0.2) is 47.8 Å². The molecule has 0 aliphatic carbocycles. The minimum absolute atomic E-state index is 0.0211. The maximum Gasteiger partial charge on any atom is 0.416 e. The van der Waals surface area contributed by atoms with E-state index < -0.39 is 23.8 Å². The molecule has 150 valence electrons. The lowest BCUT2D eigenvalue weighted by atomic mass is 9.88. The first-order valence-electron chi connectivity index (χ1n) is 9.50. The van der Waals surface area contributed by atoms with Gasteiger partial charge in [0.1, 0.15) is 0 Å². The van der Waals surface area contributed by atoms with Gasteiger partial charge in [0.25, 0.3) is 0 Å². The van der Waals surface area contributed by atoms with Crippen LogP contribution < -0.4 is 0 Å². The fraction of sp³-hybridized carbons (Fsp3) is 0.650. The second-order valence-electron chi connectivity index (χ2n) is 7.58. The molecule has 3 rings (SSSR count). The molecule has 2 aliphatic heterocycles. The van der Waals surface area contributed by atoms with E-state index in [-0.39, 0.29) is 29.9 Å². The molecular formula is C20H26F3NO3. The van der Waals surface area contributed by atoms with Crippen LogP contribution in [0.4, 0.5) is 13.2 Å². The van der Waals surface area contributed by atoms with E-state index in [1.807, 2.05) is 0 Å². The molecule has 1 aromatic rings. The number of carbonyl (C=O) groups is 1. The van der Waals surface area contributed by atoms with E-state index in [1.165, 1.54) is 12.1 Å². The van der Waals surface area contributed by atoms with Crippen LogP contribution >= 0.6 is 0 Å². The normalized spacial score (nSPS) is 27.6. The molecule has 1 N–H and O–H groups in total. The third-order valence-electron chi connectivity index (χ3n) is 5.75. The molecule has 7 heteroatoms. The molecule has 1 amide bonds. The van der Waals surface area contributed by atoms with Crippen molar-refractivity contribution in [1.29, 1.82) is 0 Å². The predicted octanol–water partition coefficient (Wildman–Crippen LogP) is 3.59. The van der Waals surface area contributed by atoms with Gasteiger partial charge in [-0.05, 0) is 36.8 Å². The summed E-state index contributed by atoms with van der Waals surface area (Å²) < 4.78 is 45.2. The number of carbonyl (C=O) groups excluding carboxylic acids is 1. The van der Waals surface area contributed by atoms with Gasteiger partial charge in [-0.25, -0.2) is 0 Å². The Morgan fingerprint density at radius 1 is 1.33 bits per heavy atom. The lowest BCUT2D eigenvalue weighted by Gasteiger charge is -2.37. The number of ether oxygens (including phenoxy) is 1. The minimum atomic E-state index is -4.44. The number of alkyl halides is 3. The number of likely N-dealkylation sites (tertiary alicyclic amines) is 1. The number of benzene rings is 1. The fourth-order valence-corrected chi connectivity index (χ4v) is 4.34. The topological polar surface area (TPSA) is 49.8 Å². The molecule has 0 unspecified atom stereocenters. The van der Waals surface area contributed by atoms with Crippen LogP contribution in [0, 0.1) is 5.92 Å². The first kappa shape index (κ1) is 20.1. The molecule has 2 saturated heterocycles. The highest BCUT2D eigenvalue weighted by Crippen LogP contribution is 2.37. The van der Waals surface area contributed by atoms with Gasteiger partial charge in [-0.1, -0.05) is 25.1 Å². The van der Waals surface area contributed by atoms with Gasteiger partial charge in [0.2, 0.25) is 5.91 Å². The van der Waals surface area contributed by atoms with Crippen molar-refractivity contribution in [2.24, 2.45) is 5.92 Å². The summed E-state index contributed by atoms with van der Waals surface area (Å²) in [6.45, 7) is 3.18. The van der Waals surface area contributed by atoms with E-state index in [9.17, 15) is 23.1 Å². The van der Waals surface area contributed by atoms with Gasteiger partial charge in [0.15, 0.2) is 0 Å². The number of hydrogen-bond acceptors (Lipinski definition) is 3. The molecule has 0 bridgehead atoms. The molecule has 0 saturated carbocycles. The first-order valence-corrected chi connectivity index (χ1v) is 9.50. The van der Waals surface area contributed by atoms with Crippen molar-refractivity contribution in [2.45, 2.75) is 56.8 Å². The second-order valence-corrected chi connectivity index (χ2v) is 7.58. The summed E-state index contributed by atoms with van der Waals surface area (Å²) >= 11 is 0. The lowest BCUT2D eigenvalue weighted by Crippen LogP contribution is -2.48. The largest absolute Gasteiger partial charge is 0.416 e. The smallest absolute Gasteiger partial charge is 0.393 e. The van der Waals surface area contributed by atoms with Gasteiger partial charge in [0, 0.05) is 31.5 Å². The number of halogens is 3. The zero-order valence-corrected chi connectivity index (χ0v) is 15.4. The van der Waals surface area contributed by atoms with Crippen molar-refractivity contribution in [3.8, 4) is 0 Å². The van der Waals surface area contributed by atoms with Gasteiger partial charge in [0.05, 0.1) is 18.3 Å². The third kappa shape index (κ3) is 4.46. The van der Waals surface area contributed by atoms with Crippen LogP contribution in [0.25, 0.3) is 0 Å². The Morgan fingerprint density at radius 3 is 2.78 bits per heavy atom. The molecule has 0 spiro atoms. The summed E-state index contributed by atoms with van der Waals surface area (Å²) in [5.41, 5.74) is -0.533. The maximum atomic E-state index is 13.3. The Kier molecular flexibility index (Phi) is 6.11. The molecule has 27 heavy (non-hydrogen) atoms. The number of amides is 1. The molecular weight excluding hydrogens is 359 g/mol. The van der Waals surface area contributed by atoms with Crippen LogP contribution in [0.15, 0.2) is 24.3 Å². The number of aliphatic hydroxyl groups is 1. The summed E-state index contributed by atoms with van der Waals surface area (Å²) in [7, 11) is 0. The highest BCUT2D eigenvalue weighted by molar-refractivity contribution is 5.78. The predicted molar refractivity (Wildman–Crippen MR) is 94.1 cm³/mol. The molecule has 2 fully saturated rings. The number of hydrogen-bond donors (Lipinski definition) is 1.